The Hall–Kier alpha value is -3.56. The van der Waals surface area contributed by atoms with E-state index < -0.39 is 63.9 Å². The molecule has 0 saturated carbocycles. The first kappa shape index (κ1) is 30.9. The number of hydrogen-bond donors (Lipinski definition) is 0. The second kappa shape index (κ2) is 11.8. The second-order valence-electron chi connectivity index (χ2n) is 10.5. The maximum atomic E-state index is 16.4. The lowest BCUT2D eigenvalue weighted by Gasteiger charge is -2.31. The van der Waals surface area contributed by atoms with Crippen LogP contribution < -0.4 is 9.64 Å². The van der Waals surface area contributed by atoms with E-state index in [2.05, 4.69) is 5.10 Å². The molecule has 2 aliphatic rings. The molecule has 2 unspecified atom stereocenters. The number of nitrogens with zero attached hydrogens (tertiary/aromatic N) is 5. The van der Waals surface area contributed by atoms with Gasteiger partial charge in [-0.1, -0.05) is 24.3 Å². The largest absolute Gasteiger partial charge is 0.496 e. The third-order valence-electron chi connectivity index (χ3n) is 7.78. The van der Waals surface area contributed by atoms with E-state index in [-0.39, 0.29) is 37.4 Å². The van der Waals surface area contributed by atoms with Gasteiger partial charge < -0.3 is 9.64 Å². The Morgan fingerprint density at radius 1 is 1.05 bits per heavy atom. The van der Waals surface area contributed by atoms with Gasteiger partial charge in [0.1, 0.15) is 23.3 Å². The standard InChI is InChI=1S/C28H30F5N5O4S/c1-35(17-18-9-11-19(29)12-10-18)26-23(30)24(34-38(26)27(39)20-7-3-4-8-22(20)42-2)21-13-16-37(25(21)28(31,32)33)43(40,41)36-14-5-6-15-36/h3-4,7-12,21,25H,5-6,13-17H2,1-2H3. The fourth-order valence-corrected chi connectivity index (χ4v) is 7.66. The summed E-state index contributed by atoms with van der Waals surface area (Å²) in [5.41, 5.74) is -0.169. The van der Waals surface area contributed by atoms with Crippen LogP contribution in [0, 0.1) is 11.6 Å². The minimum atomic E-state index is -5.06. The third kappa shape index (κ3) is 5.85. The summed E-state index contributed by atoms with van der Waals surface area (Å²) in [4.78, 5) is 15.0. The summed E-state index contributed by atoms with van der Waals surface area (Å²) in [6.07, 6.45) is -4.37. The zero-order valence-corrected chi connectivity index (χ0v) is 24.2. The number of aromatic nitrogens is 2. The molecule has 9 nitrogen and oxygen atoms in total. The van der Waals surface area contributed by atoms with Crippen LogP contribution in [-0.2, 0) is 16.8 Å². The van der Waals surface area contributed by atoms with Crippen LogP contribution in [-0.4, -0.2) is 78.7 Å². The van der Waals surface area contributed by atoms with Crippen LogP contribution in [0.4, 0.5) is 27.8 Å². The van der Waals surface area contributed by atoms with E-state index in [1.807, 2.05) is 0 Å². The molecular weight excluding hydrogens is 597 g/mol. The second-order valence-corrected chi connectivity index (χ2v) is 12.4. The summed E-state index contributed by atoms with van der Waals surface area (Å²) in [7, 11) is -1.75. The number of halogens is 5. The van der Waals surface area contributed by atoms with E-state index >= 15 is 4.39 Å². The van der Waals surface area contributed by atoms with Gasteiger partial charge in [-0.2, -0.15) is 40.0 Å². The molecule has 3 aromatic rings. The first-order valence-corrected chi connectivity index (χ1v) is 15.0. The molecule has 43 heavy (non-hydrogen) atoms. The summed E-state index contributed by atoms with van der Waals surface area (Å²) in [5, 5.41) is 4.10. The van der Waals surface area contributed by atoms with Gasteiger partial charge in [0.05, 0.1) is 12.7 Å². The molecule has 15 heteroatoms. The van der Waals surface area contributed by atoms with Gasteiger partial charge >= 0.3 is 6.18 Å². The van der Waals surface area contributed by atoms with Crippen molar-refractivity contribution in [3.63, 3.8) is 0 Å². The lowest BCUT2D eigenvalue weighted by Crippen LogP contribution is -2.51. The van der Waals surface area contributed by atoms with E-state index in [0.717, 1.165) is 4.31 Å². The molecule has 5 rings (SSSR count). The number of hydrogen-bond acceptors (Lipinski definition) is 6. The van der Waals surface area contributed by atoms with Crippen LogP contribution in [0.25, 0.3) is 0 Å². The third-order valence-corrected chi connectivity index (χ3v) is 9.80. The molecule has 1 aromatic heterocycles. The highest BCUT2D eigenvalue weighted by molar-refractivity contribution is 7.86. The minimum absolute atomic E-state index is 0.0208. The molecule has 0 spiro atoms. The molecular formula is C28H30F5N5O4S. The fourth-order valence-electron chi connectivity index (χ4n) is 5.76. The first-order chi connectivity index (χ1) is 20.3. The van der Waals surface area contributed by atoms with Gasteiger partial charge in [-0.3, -0.25) is 4.79 Å². The monoisotopic (exact) mass is 627 g/mol. The van der Waals surface area contributed by atoms with Crippen LogP contribution in [0.5, 0.6) is 5.75 Å². The molecule has 2 aliphatic heterocycles. The number of anilines is 1. The maximum Gasteiger partial charge on any atom is 0.405 e. The van der Waals surface area contributed by atoms with E-state index in [1.54, 1.807) is 6.07 Å². The number of methoxy groups -OCH3 is 1. The Morgan fingerprint density at radius 2 is 1.70 bits per heavy atom. The Balaban J connectivity index is 1.61. The number of ether oxygens (including phenoxy) is 1. The molecule has 0 bridgehead atoms. The van der Waals surface area contributed by atoms with E-state index in [0.29, 0.717) is 27.4 Å². The van der Waals surface area contributed by atoms with E-state index in [4.69, 9.17) is 4.74 Å². The Morgan fingerprint density at radius 3 is 2.33 bits per heavy atom. The zero-order chi connectivity index (χ0) is 31.1. The molecule has 2 saturated heterocycles. The van der Waals surface area contributed by atoms with Gasteiger partial charge in [-0.25, -0.2) is 8.78 Å². The smallest absolute Gasteiger partial charge is 0.405 e. The molecule has 2 fully saturated rings. The van der Waals surface area contributed by atoms with Crippen LogP contribution in [0.15, 0.2) is 48.5 Å². The van der Waals surface area contributed by atoms with Crippen LogP contribution in [0.3, 0.4) is 0 Å². The molecule has 3 heterocycles. The average Bonchev–Trinajstić information content (AvgIpc) is 3.73. The Labute approximate surface area is 245 Å². The van der Waals surface area contributed by atoms with Crippen molar-refractivity contribution in [2.24, 2.45) is 0 Å². The molecule has 0 N–H and O–H groups in total. The maximum absolute atomic E-state index is 16.4. The lowest BCUT2D eigenvalue weighted by molar-refractivity contribution is -0.169. The van der Waals surface area contributed by atoms with Crippen LogP contribution in [0.1, 0.15) is 46.8 Å². The summed E-state index contributed by atoms with van der Waals surface area (Å²) >= 11 is 0. The Kier molecular flexibility index (Phi) is 8.51. The quantitative estimate of drug-likeness (QED) is 0.341. The zero-order valence-electron chi connectivity index (χ0n) is 23.4. The van der Waals surface area contributed by atoms with E-state index in [1.165, 1.54) is 61.5 Å². The van der Waals surface area contributed by atoms with Crippen molar-refractivity contribution in [2.45, 2.75) is 43.9 Å². The highest BCUT2D eigenvalue weighted by atomic mass is 32.2. The normalized spacial score (nSPS) is 20.1. The van der Waals surface area contributed by atoms with E-state index in [9.17, 15) is 30.8 Å². The topological polar surface area (TPSA) is 88.0 Å². The summed E-state index contributed by atoms with van der Waals surface area (Å²) in [6.45, 7) is -0.350. The summed E-state index contributed by atoms with van der Waals surface area (Å²) < 4.78 is 108. The SMILES string of the molecule is COc1ccccc1C(=O)n1nc(C2CCN(S(=O)(=O)N3CCCC3)C2C(F)(F)F)c(F)c1N(C)Cc1ccc(F)cc1. The van der Waals surface area contributed by atoms with Gasteiger partial charge in [-0.05, 0) is 49.1 Å². The van der Waals surface area contributed by atoms with Gasteiger partial charge in [0.15, 0.2) is 11.6 Å². The number of benzene rings is 2. The molecule has 0 amide bonds. The van der Waals surface area contributed by atoms with Crippen LogP contribution >= 0.6 is 0 Å². The molecule has 2 atom stereocenters. The number of carbonyl (C=O) groups is 1. The highest BCUT2D eigenvalue weighted by Gasteiger charge is 2.58. The summed E-state index contributed by atoms with van der Waals surface area (Å²) in [6, 6.07) is 8.75. The highest BCUT2D eigenvalue weighted by Crippen LogP contribution is 2.46. The average molecular weight is 628 g/mol. The number of alkyl halides is 3. The Bertz CT molecular complexity index is 1590. The molecule has 0 radical (unpaired) electrons. The van der Waals surface area contributed by atoms with Gasteiger partial charge in [-0.15, -0.1) is 0 Å². The number of rotatable bonds is 8. The first-order valence-electron chi connectivity index (χ1n) is 13.6. The van der Waals surface area contributed by atoms with Gasteiger partial charge in [0, 0.05) is 39.1 Å². The van der Waals surface area contributed by atoms with Gasteiger partial charge in [0.2, 0.25) is 0 Å². The van der Waals surface area contributed by atoms with Gasteiger partial charge in [0.25, 0.3) is 16.1 Å². The molecule has 232 valence electrons. The van der Waals surface area contributed by atoms with Crippen LogP contribution in [0.2, 0.25) is 0 Å². The molecule has 0 aliphatic carbocycles. The minimum Gasteiger partial charge on any atom is -0.496 e. The van der Waals surface area contributed by atoms with Crippen molar-refractivity contribution < 1.29 is 39.9 Å². The number of carbonyl (C=O) groups excluding carboxylic acids is 1. The molecule has 2 aromatic carbocycles. The van der Waals surface area contributed by atoms with Crippen molar-refractivity contribution in [2.75, 3.05) is 38.7 Å². The van der Waals surface area contributed by atoms with Crippen molar-refractivity contribution in [1.82, 2.24) is 18.4 Å². The van der Waals surface area contributed by atoms with Crippen molar-refractivity contribution in [3.05, 3.63) is 77.0 Å². The van der Waals surface area contributed by atoms with Crippen molar-refractivity contribution in [3.8, 4) is 5.75 Å². The van der Waals surface area contributed by atoms with Crippen molar-refractivity contribution in [1.29, 1.82) is 0 Å². The predicted octanol–water partition coefficient (Wildman–Crippen LogP) is 4.56. The summed E-state index contributed by atoms with van der Waals surface area (Å²) in [5.74, 6) is -4.57. The number of para-hydroxylation sites is 1. The van der Waals surface area contributed by atoms with Crippen molar-refractivity contribution >= 4 is 21.9 Å². The lowest BCUT2D eigenvalue weighted by atomic mass is 9.96. The predicted molar refractivity (Wildman–Crippen MR) is 147 cm³/mol. The fraction of sp³-hybridized carbons (Fsp3) is 0.429.